The topological polar surface area (TPSA) is 102 Å². The molecule has 2 rings (SSSR count). The van der Waals surface area contributed by atoms with Crippen LogP contribution in [0.1, 0.15) is 34.4 Å². The Balaban J connectivity index is 1.94. The minimum atomic E-state index is -0.734. The average molecular weight is 325 g/mol. The summed E-state index contributed by atoms with van der Waals surface area (Å²) in [5.74, 6) is -0.236. The third-order valence-electron chi connectivity index (χ3n) is 3.69. The highest BCUT2D eigenvalue weighted by Gasteiger charge is 2.21. The third-order valence-corrected chi connectivity index (χ3v) is 4.24. The number of rotatable bonds is 5. The number of hydrogen-bond donors (Lipinski definition) is 3. The van der Waals surface area contributed by atoms with Crippen molar-refractivity contribution in [3.63, 3.8) is 0 Å². The van der Waals surface area contributed by atoms with Gasteiger partial charge in [-0.3, -0.25) is 14.6 Å². The van der Waals surface area contributed by atoms with Gasteiger partial charge in [0.15, 0.2) is 0 Å². The molecule has 0 saturated carbocycles. The normalized spacial score (nSPS) is 12.5. The largest absolute Gasteiger partial charge is 0.353 e. The lowest BCUT2D eigenvalue weighted by molar-refractivity contribution is -0.122. The highest BCUT2D eigenvalue weighted by molar-refractivity contribution is 6.31. The molecule has 0 fully saturated rings. The number of nitrogens with two attached hydrogens (primary N) is 1. The smallest absolute Gasteiger partial charge is 0.241 e. The number of carbonyl (C=O) groups excluding carboxylic acids is 1. The number of amides is 1. The van der Waals surface area contributed by atoms with Crippen molar-refractivity contribution < 1.29 is 4.79 Å². The van der Waals surface area contributed by atoms with Crippen LogP contribution >= 0.6 is 11.6 Å². The van der Waals surface area contributed by atoms with Crippen molar-refractivity contribution >= 4 is 17.5 Å². The zero-order valence-electron chi connectivity index (χ0n) is 13.2. The van der Waals surface area contributed by atoms with Crippen LogP contribution in [0.5, 0.6) is 0 Å². The number of aryl methyl sites for hydroxylation is 3. The van der Waals surface area contributed by atoms with Crippen molar-refractivity contribution in [2.24, 2.45) is 5.73 Å². The second-order valence-electron chi connectivity index (χ2n) is 5.32. The van der Waals surface area contributed by atoms with E-state index >= 15 is 0 Å². The molecule has 0 aliphatic heterocycles. The minimum Gasteiger partial charge on any atom is -0.353 e. The number of H-pyrrole nitrogens is 1. The lowest BCUT2D eigenvalue weighted by Crippen LogP contribution is -2.36. The molecule has 1 atom stereocenters. The van der Waals surface area contributed by atoms with Crippen LogP contribution in [0.2, 0.25) is 5.02 Å². The zero-order chi connectivity index (χ0) is 16.4. The summed E-state index contributed by atoms with van der Waals surface area (Å²) in [6.45, 7) is 8.39. The SMILES string of the molecule is Cc1nn(CCNC(=O)C(N)c2c(C)n[nH]c2C)c(C)c1Cl. The highest BCUT2D eigenvalue weighted by atomic mass is 35.5. The average Bonchev–Trinajstić information content (AvgIpc) is 2.93. The Morgan fingerprint density at radius 2 is 2.05 bits per heavy atom. The maximum absolute atomic E-state index is 12.2. The van der Waals surface area contributed by atoms with Crippen LogP contribution in [0, 0.1) is 27.7 Å². The second kappa shape index (κ2) is 6.50. The molecule has 0 bridgehead atoms. The van der Waals surface area contributed by atoms with Crippen LogP contribution in [0.4, 0.5) is 0 Å². The molecule has 7 nitrogen and oxygen atoms in total. The molecule has 4 N–H and O–H groups in total. The maximum atomic E-state index is 12.2. The summed E-state index contributed by atoms with van der Waals surface area (Å²) in [6, 6.07) is -0.734. The Morgan fingerprint density at radius 3 is 2.55 bits per heavy atom. The van der Waals surface area contributed by atoms with Crippen LogP contribution < -0.4 is 11.1 Å². The van der Waals surface area contributed by atoms with E-state index in [0.717, 1.165) is 28.3 Å². The molecule has 22 heavy (non-hydrogen) atoms. The predicted molar refractivity (Wildman–Crippen MR) is 84.7 cm³/mol. The Morgan fingerprint density at radius 1 is 1.36 bits per heavy atom. The van der Waals surface area contributed by atoms with Gasteiger partial charge in [-0.05, 0) is 27.7 Å². The van der Waals surface area contributed by atoms with E-state index in [0.29, 0.717) is 18.1 Å². The Hall–Kier alpha value is -1.86. The number of halogens is 1. The van der Waals surface area contributed by atoms with Crippen molar-refractivity contribution in [3.8, 4) is 0 Å². The summed E-state index contributed by atoms with van der Waals surface area (Å²) >= 11 is 6.09. The lowest BCUT2D eigenvalue weighted by atomic mass is 10.1. The van der Waals surface area contributed by atoms with Crippen LogP contribution in [-0.2, 0) is 11.3 Å². The molecule has 0 radical (unpaired) electrons. The van der Waals surface area contributed by atoms with Crippen LogP contribution in [0.3, 0.4) is 0 Å². The summed E-state index contributed by atoms with van der Waals surface area (Å²) in [5, 5.41) is 14.7. The number of nitrogens with one attached hydrogen (secondary N) is 2. The minimum absolute atomic E-state index is 0.236. The van der Waals surface area contributed by atoms with Gasteiger partial charge in [0, 0.05) is 17.8 Å². The summed E-state index contributed by atoms with van der Waals surface area (Å²) in [7, 11) is 0. The van der Waals surface area contributed by atoms with Gasteiger partial charge >= 0.3 is 0 Å². The molecular weight excluding hydrogens is 304 g/mol. The molecule has 0 aliphatic rings. The first-order valence-corrected chi connectivity index (χ1v) is 7.45. The van der Waals surface area contributed by atoms with Crippen molar-refractivity contribution in [2.75, 3.05) is 6.54 Å². The molecule has 1 unspecified atom stereocenters. The van der Waals surface area contributed by atoms with Gasteiger partial charge < -0.3 is 11.1 Å². The standard InChI is InChI=1S/C14H21ClN6O/c1-7-11(8(2)19-18-7)13(16)14(22)17-5-6-21-10(4)12(15)9(3)20-21/h13H,5-6,16H2,1-4H3,(H,17,22)(H,18,19). The highest BCUT2D eigenvalue weighted by Crippen LogP contribution is 2.19. The van der Waals surface area contributed by atoms with Gasteiger partial charge in [-0.2, -0.15) is 10.2 Å². The van der Waals surface area contributed by atoms with Crippen molar-refractivity contribution in [1.29, 1.82) is 0 Å². The number of aromatic amines is 1. The summed E-state index contributed by atoms with van der Waals surface area (Å²) in [5.41, 5.74) is 9.97. The fourth-order valence-electron chi connectivity index (χ4n) is 2.44. The molecule has 0 aromatic carbocycles. The van der Waals surface area contributed by atoms with Crippen molar-refractivity contribution in [3.05, 3.63) is 33.4 Å². The van der Waals surface area contributed by atoms with Gasteiger partial charge in [-0.15, -0.1) is 0 Å². The zero-order valence-corrected chi connectivity index (χ0v) is 14.0. The summed E-state index contributed by atoms with van der Waals surface area (Å²) in [4.78, 5) is 12.2. The van der Waals surface area contributed by atoms with E-state index in [1.54, 1.807) is 4.68 Å². The molecule has 2 aromatic heterocycles. The van der Waals surface area contributed by atoms with E-state index in [-0.39, 0.29) is 5.91 Å². The van der Waals surface area contributed by atoms with Crippen LogP contribution in [-0.4, -0.2) is 32.4 Å². The molecule has 2 aromatic rings. The molecule has 0 saturated heterocycles. The Labute approximate surface area is 134 Å². The first-order chi connectivity index (χ1) is 10.3. The number of aromatic nitrogens is 4. The van der Waals surface area contributed by atoms with Gasteiger partial charge in [0.1, 0.15) is 6.04 Å². The lowest BCUT2D eigenvalue weighted by Gasteiger charge is -2.13. The monoisotopic (exact) mass is 324 g/mol. The predicted octanol–water partition coefficient (Wildman–Crippen LogP) is 1.31. The molecule has 120 valence electrons. The molecular formula is C14H21ClN6O. The molecule has 1 amide bonds. The van der Waals surface area contributed by atoms with Gasteiger partial charge in [0.2, 0.25) is 5.91 Å². The van der Waals surface area contributed by atoms with E-state index in [1.807, 2.05) is 27.7 Å². The number of hydrogen-bond acceptors (Lipinski definition) is 4. The van der Waals surface area contributed by atoms with Crippen molar-refractivity contribution in [2.45, 2.75) is 40.3 Å². The summed E-state index contributed by atoms with van der Waals surface area (Å²) in [6.07, 6.45) is 0. The first-order valence-electron chi connectivity index (χ1n) is 7.07. The van der Waals surface area contributed by atoms with Gasteiger partial charge in [0.05, 0.1) is 28.6 Å². The molecule has 0 aliphatic carbocycles. The fourth-order valence-corrected chi connectivity index (χ4v) is 2.57. The third kappa shape index (κ3) is 3.15. The van der Waals surface area contributed by atoms with Gasteiger partial charge in [-0.1, -0.05) is 11.6 Å². The first kappa shape index (κ1) is 16.5. The molecule has 8 heteroatoms. The second-order valence-corrected chi connectivity index (χ2v) is 5.70. The van der Waals surface area contributed by atoms with Crippen LogP contribution in [0.25, 0.3) is 0 Å². The number of carbonyl (C=O) groups is 1. The van der Waals surface area contributed by atoms with Gasteiger partial charge in [-0.25, -0.2) is 0 Å². The van der Waals surface area contributed by atoms with Gasteiger partial charge in [0.25, 0.3) is 0 Å². The quantitative estimate of drug-likeness (QED) is 0.771. The Bertz CT molecular complexity index is 670. The summed E-state index contributed by atoms with van der Waals surface area (Å²) < 4.78 is 1.78. The van der Waals surface area contributed by atoms with E-state index in [1.165, 1.54) is 0 Å². The molecule has 2 heterocycles. The Kier molecular flexibility index (Phi) is 4.87. The number of nitrogens with zero attached hydrogens (tertiary/aromatic N) is 3. The van der Waals surface area contributed by atoms with E-state index in [4.69, 9.17) is 17.3 Å². The fraction of sp³-hybridized carbons (Fsp3) is 0.500. The van der Waals surface area contributed by atoms with E-state index in [9.17, 15) is 4.79 Å². The van der Waals surface area contributed by atoms with E-state index in [2.05, 4.69) is 20.6 Å². The maximum Gasteiger partial charge on any atom is 0.241 e. The van der Waals surface area contributed by atoms with E-state index < -0.39 is 6.04 Å². The van der Waals surface area contributed by atoms with Crippen molar-refractivity contribution in [1.82, 2.24) is 25.3 Å². The van der Waals surface area contributed by atoms with Crippen LogP contribution in [0.15, 0.2) is 0 Å². The molecule has 0 spiro atoms.